The molecule has 0 saturated carbocycles. The Hall–Kier alpha value is -1.88. The predicted molar refractivity (Wildman–Crippen MR) is 64.0 cm³/mol. The van der Waals surface area contributed by atoms with E-state index in [9.17, 15) is 9.18 Å². The lowest BCUT2D eigenvalue weighted by Gasteiger charge is -2.06. The van der Waals surface area contributed by atoms with Crippen LogP contribution < -0.4 is 5.32 Å². The van der Waals surface area contributed by atoms with E-state index in [2.05, 4.69) is 15.0 Å². The summed E-state index contributed by atoms with van der Waals surface area (Å²) in [4.78, 5) is 11.5. The topological polar surface area (TPSA) is 55.1 Å². The lowest BCUT2D eigenvalue weighted by molar-refractivity contribution is 0.0945. The van der Waals surface area contributed by atoms with Gasteiger partial charge in [0.1, 0.15) is 12.1 Å². The predicted octanol–water partition coefficient (Wildman–Crippen LogP) is 2.44. The van der Waals surface area contributed by atoms with Gasteiger partial charge in [0.15, 0.2) is 5.69 Å². The number of benzene rings is 1. The summed E-state index contributed by atoms with van der Waals surface area (Å²) in [6.45, 7) is 0.270. The highest BCUT2D eigenvalue weighted by Gasteiger charge is 2.10. The number of carbonyl (C=O) groups is 1. The van der Waals surface area contributed by atoms with Crippen LogP contribution in [-0.4, -0.2) is 17.6 Å². The molecule has 0 unspecified atom stereocenters. The van der Waals surface area contributed by atoms with Gasteiger partial charge in [-0.05, 0) is 18.6 Å². The highest BCUT2D eigenvalue weighted by molar-refractivity contribution is 6.31. The molecule has 2 rings (SSSR count). The molecule has 4 nitrogen and oxygen atoms in total. The van der Waals surface area contributed by atoms with Crippen molar-refractivity contribution < 1.29 is 13.7 Å². The first-order valence-corrected chi connectivity index (χ1v) is 5.68. The molecule has 18 heavy (non-hydrogen) atoms. The summed E-state index contributed by atoms with van der Waals surface area (Å²) in [7, 11) is 0. The first kappa shape index (κ1) is 12.6. The standard InChI is InChI=1S/C12H10ClFN2O2/c13-9-2-1-3-10(14)8(9)4-6-15-12(17)11-5-7-18-16-11/h1-3,5,7H,4,6H2,(H,15,17). The van der Waals surface area contributed by atoms with Crippen molar-refractivity contribution in [1.82, 2.24) is 10.5 Å². The molecule has 6 heteroatoms. The minimum absolute atomic E-state index is 0.189. The zero-order valence-electron chi connectivity index (χ0n) is 9.32. The third-order valence-corrected chi connectivity index (χ3v) is 2.75. The molecule has 1 heterocycles. The van der Waals surface area contributed by atoms with Gasteiger partial charge in [-0.1, -0.05) is 22.8 Å². The Morgan fingerprint density at radius 3 is 2.94 bits per heavy atom. The minimum Gasteiger partial charge on any atom is -0.364 e. The SMILES string of the molecule is O=C(NCCc1c(F)cccc1Cl)c1ccon1. The van der Waals surface area contributed by atoms with Crippen LogP contribution in [0.25, 0.3) is 0 Å². The third-order valence-electron chi connectivity index (χ3n) is 2.39. The third kappa shape index (κ3) is 2.87. The number of halogens is 2. The van der Waals surface area contributed by atoms with Crippen LogP contribution in [0.3, 0.4) is 0 Å². The van der Waals surface area contributed by atoms with Crippen LogP contribution in [0.2, 0.25) is 5.02 Å². The van der Waals surface area contributed by atoms with Gasteiger partial charge in [-0.15, -0.1) is 0 Å². The summed E-state index contributed by atoms with van der Waals surface area (Å²) in [5.74, 6) is -0.741. The maximum absolute atomic E-state index is 13.4. The van der Waals surface area contributed by atoms with Crippen LogP contribution in [0.15, 0.2) is 35.1 Å². The molecule has 0 saturated heterocycles. The van der Waals surface area contributed by atoms with Gasteiger partial charge in [-0.2, -0.15) is 0 Å². The Bertz CT molecular complexity index is 523. The Balaban J connectivity index is 1.91. The fraction of sp³-hybridized carbons (Fsp3) is 0.167. The fourth-order valence-electron chi connectivity index (χ4n) is 1.49. The number of nitrogens with zero attached hydrogens (tertiary/aromatic N) is 1. The van der Waals surface area contributed by atoms with Crippen molar-refractivity contribution in [3.8, 4) is 0 Å². The minimum atomic E-state index is -0.377. The zero-order valence-corrected chi connectivity index (χ0v) is 10.1. The molecule has 1 aromatic heterocycles. The Morgan fingerprint density at radius 1 is 1.44 bits per heavy atom. The van der Waals surface area contributed by atoms with E-state index >= 15 is 0 Å². The van der Waals surface area contributed by atoms with E-state index < -0.39 is 0 Å². The molecule has 0 aliphatic carbocycles. The largest absolute Gasteiger partial charge is 0.364 e. The molecule has 0 radical (unpaired) electrons. The highest BCUT2D eigenvalue weighted by atomic mass is 35.5. The number of nitrogens with one attached hydrogen (secondary N) is 1. The van der Waals surface area contributed by atoms with Crippen molar-refractivity contribution in [2.75, 3.05) is 6.54 Å². The van der Waals surface area contributed by atoms with Gasteiger partial charge in [-0.25, -0.2) is 4.39 Å². The molecule has 1 aromatic carbocycles. The molecule has 0 fully saturated rings. The normalized spacial score (nSPS) is 10.3. The molecular weight excluding hydrogens is 259 g/mol. The second-order valence-electron chi connectivity index (χ2n) is 3.59. The highest BCUT2D eigenvalue weighted by Crippen LogP contribution is 2.18. The number of rotatable bonds is 4. The Labute approximate surface area is 108 Å². The van der Waals surface area contributed by atoms with Crippen molar-refractivity contribution in [2.45, 2.75) is 6.42 Å². The van der Waals surface area contributed by atoms with Crippen molar-refractivity contribution in [2.24, 2.45) is 0 Å². The summed E-state index contributed by atoms with van der Waals surface area (Å²) in [5.41, 5.74) is 0.578. The summed E-state index contributed by atoms with van der Waals surface area (Å²) < 4.78 is 18.0. The van der Waals surface area contributed by atoms with E-state index in [0.29, 0.717) is 17.0 Å². The van der Waals surface area contributed by atoms with Gasteiger partial charge in [-0.3, -0.25) is 4.79 Å². The molecular formula is C12H10ClFN2O2. The first-order chi connectivity index (χ1) is 8.68. The molecule has 1 N–H and O–H groups in total. The molecule has 0 atom stereocenters. The van der Waals surface area contributed by atoms with Crippen molar-refractivity contribution in [3.63, 3.8) is 0 Å². The quantitative estimate of drug-likeness (QED) is 0.927. The summed E-state index contributed by atoms with van der Waals surface area (Å²) in [6.07, 6.45) is 1.62. The number of hydrogen-bond donors (Lipinski definition) is 1. The van der Waals surface area contributed by atoms with E-state index in [0.717, 1.165) is 0 Å². The van der Waals surface area contributed by atoms with Gasteiger partial charge in [0, 0.05) is 23.2 Å². The number of aromatic nitrogens is 1. The molecule has 0 bridgehead atoms. The van der Waals surface area contributed by atoms with Gasteiger partial charge in [0.05, 0.1) is 0 Å². The molecule has 0 spiro atoms. The van der Waals surface area contributed by atoms with E-state index in [1.165, 1.54) is 24.5 Å². The molecule has 0 aliphatic rings. The van der Waals surface area contributed by atoms with Crippen molar-refractivity contribution >= 4 is 17.5 Å². The summed E-state index contributed by atoms with van der Waals surface area (Å²) >= 11 is 5.86. The maximum Gasteiger partial charge on any atom is 0.273 e. The van der Waals surface area contributed by atoms with E-state index in [1.807, 2.05) is 0 Å². The van der Waals surface area contributed by atoms with Gasteiger partial charge < -0.3 is 9.84 Å². The van der Waals surface area contributed by atoms with Crippen LogP contribution in [0.5, 0.6) is 0 Å². The number of amides is 1. The summed E-state index contributed by atoms with van der Waals surface area (Å²) in [6, 6.07) is 5.93. The van der Waals surface area contributed by atoms with Crippen LogP contribution in [-0.2, 0) is 6.42 Å². The van der Waals surface area contributed by atoms with Gasteiger partial charge in [0.25, 0.3) is 5.91 Å². The van der Waals surface area contributed by atoms with E-state index in [1.54, 1.807) is 6.07 Å². The first-order valence-electron chi connectivity index (χ1n) is 5.30. The monoisotopic (exact) mass is 268 g/mol. The molecule has 94 valence electrons. The van der Waals surface area contributed by atoms with E-state index in [-0.39, 0.29) is 24.0 Å². The van der Waals surface area contributed by atoms with Crippen LogP contribution >= 0.6 is 11.6 Å². The second-order valence-corrected chi connectivity index (χ2v) is 4.00. The van der Waals surface area contributed by atoms with Crippen LogP contribution in [0.1, 0.15) is 16.1 Å². The summed E-state index contributed by atoms with van der Waals surface area (Å²) in [5, 5.41) is 6.44. The Morgan fingerprint density at radius 2 is 2.28 bits per heavy atom. The Kier molecular flexibility index (Phi) is 3.94. The smallest absolute Gasteiger partial charge is 0.273 e. The zero-order chi connectivity index (χ0) is 13.0. The van der Waals surface area contributed by atoms with Gasteiger partial charge in [0.2, 0.25) is 0 Å². The van der Waals surface area contributed by atoms with Crippen molar-refractivity contribution in [1.29, 1.82) is 0 Å². The number of hydrogen-bond acceptors (Lipinski definition) is 3. The molecule has 2 aromatic rings. The van der Waals surface area contributed by atoms with Crippen LogP contribution in [0.4, 0.5) is 4.39 Å². The second kappa shape index (κ2) is 5.64. The molecule has 0 aliphatic heterocycles. The average Bonchev–Trinajstić information content (AvgIpc) is 2.86. The van der Waals surface area contributed by atoms with Gasteiger partial charge >= 0.3 is 0 Å². The van der Waals surface area contributed by atoms with E-state index in [4.69, 9.17) is 11.6 Å². The number of carbonyl (C=O) groups excluding carboxylic acids is 1. The maximum atomic E-state index is 13.4. The molecule has 1 amide bonds. The fourth-order valence-corrected chi connectivity index (χ4v) is 1.75. The van der Waals surface area contributed by atoms with Crippen molar-refractivity contribution in [3.05, 3.63) is 52.6 Å². The lowest BCUT2D eigenvalue weighted by atomic mass is 10.1. The lowest BCUT2D eigenvalue weighted by Crippen LogP contribution is -2.26. The average molecular weight is 269 g/mol. The van der Waals surface area contributed by atoms with Crippen LogP contribution in [0, 0.1) is 5.82 Å².